The van der Waals surface area contributed by atoms with Gasteiger partial charge in [-0.05, 0) is 35.6 Å². The Morgan fingerprint density at radius 3 is 2.95 bits per heavy atom. The van der Waals surface area contributed by atoms with Crippen LogP contribution in [-0.2, 0) is 13.0 Å². The van der Waals surface area contributed by atoms with Crippen molar-refractivity contribution in [3.05, 3.63) is 56.7 Å². The number of anilines is 1. The Bertz CT molecular complexity index is 886. The van der Waals surface area contributed by atoms with E-state index >= 15 is 0 Å². The second-order valence-electron chi connectivity index (χ2n) is 5.31. The SMILES string of the molecule is O=[N+]([O-])c1ccc(N2CCc3[nH]c4ccc(Cl)cc4c3C2)s1. The fraction of sp³-hybridized carbons (Fsp3) is 0.200. The molecule has 0 fully saturated rings. The number of hydrogen-bond donors (Lipinski definition) is 1. The topological polar surface area (TPSA) is 62.2 Å². The number of nitrogens with zero attached hydrogens (tertiary/aromatic N) is 2. The summed E-state index contributed by atoms with van der Waals surface area (Å²) < 4.78 is 0. The number of benzene rings is 1. The molecule has 5 nitrogen and oxygen atoms in total. The molecule has 0 atom stereocenters. The number of nitro groups is 1. The van der Waals surface area contributed by atoms with Crippen LogP contribution in [0.3, 0.4) is 0 Å². The number of aromatic amines is 1. The van der Waals surface area contributed by atoms with Crippen molar-refractivity contribution in [3.63, 3.8) is 0 Å². The highest BCUT2D eigenvalue weighted by atomic mass is 35.5. The summed E-state index contributed by atoms with van der Waals surface area (Å²) in [5, 5.41) is 13.8. The molecule has 0 amide bonds. The Labute approximate surface area is 135 Å². The molecule has 0 unspecified atom stereocenters. The Kier molecular flexibility index (Phi) is 3.09. The summed E-state index contributed by atoms with van der Waals surface area (Å²) in [6, 6.07) is 9.26. The molecule has 0 radical (unpaired) electrons. The zero-order valence-corrected chi connectivity index (χ0v) is 13.1. The summed E-state index contributed by atoms with van der Waals surface area (Å²) in [7, 11) is 0. The third-order valence-corrected chi connectivity index (χ3v) is 5.34. The Morgan fingerprint density at radius 1 is 1.32 bits per heavy atom. The Balaban J connectivity index is 1.72. The zero-order chi connectivity index (χ0) is 15.3. The van der Waals surface area contributed by atoms with Crippen LogP contribution in [0.1, 0.15) is 11.3 Å². The number of thiophene rings is 1. The lowest BCUT2D eigenvalue weighted by Gasteiger charge is -2.27. The highest BCUT2D eigenvalue weighted by Crippen LogP contribution is 2.36. The van der Waals surface area contributed by atoms with Crippen LogP contribution in [0.2, 0.25) is 5.02 Å². The second-order valence-corrected chi connectivity index (χ2v) is 6.79. The molecule has 0 spiro atoms. The number of halogens is 1. The molecule has 1 aliphatic heterocycles. The van der Waals surface area contributed by atoms with E-state index in [4.69, 9.17) is 11.6 Å². The first-order chi connectivity index (χ1) is 10.6. The molecule has 2 aromatic heterocycles. The maximum Gasteiger partial charge on any atom is 0.326 e. The Morgan fingerprint density at radius 2 is 2.18 bits per heavy atom. The van der Waals surface area contributed by atoms with Crippen LogP contribution in [0.15, 0.2) is 30.3 Å². The maximum absolute atomic E-state index is 10.8. The van der Waals surface area contributed by atoms with E-state index in [0.717, 1.165) is 40.4 Å². The Hall–Kier alpha value is -2.05. The van der Waals surface area contributed by atoms with Crippen LogP contribution in [0, 0.1) is 10.1 Å². The van der Waals surface area contributed by atoms with Gasteiger partial charge in [-0.1, -0.05) is 11.6 Å². The standard InChI is InChI=1S/C15H12ClN3O2S/c16-9-1-2-12-10(7-9)11-8-18(6-5-13(11)17-12)14-3-4-15(22-14)19(20)21/h1-4,7,17H,5-6,8H2. The number of fused-ring (bicyclic) bond motifs is 3. The minimum absolute atomic E-state index is 0.183. The lowest BCUT2D eigenvalue weighted by atomic mass is 10.0. The molecule has 0 saturated heterocycles. The smallest absolute Gasteiger partial charge is 0.326 e. The van der Waals surface area contributed by atoms with Crippen molar-refractivity contribution in [2.45, 2.75) is 13.0 Å². The number of aromatic nitrogens is 1. The van der Waals surface area contributed by atoms with Crippen molar-refractivity contribution >= 4 is 43.8 Å². The van der Waals surface area contributed by atoms with Gasteiger partial charge >= 0.3 is 5.00 Å². The molecule has 1 N–H and O–H groups in total. The van der Waals surface area contributed by atoms with E-state index in [1.165, 1.54) is 22.6 Å². The summed E-state index contributed by atoms with van der Waals surface area (Å²) in [5.74, 6) is 0. The van der Waals surface area contributed by atoms with Gasteiger partial charge in [0.05, 0.1) is 9.92 Å². The molecule has 3 aromatic rings. The first-order valence-corrected chi connectivity index (χ1v) is 8.09. The third-order valence-electron chi connectivity index (χ3n) is 4.01. The van der Waals surface area contributed by atoms with Gasteiger partial charge in [0, 0.05) is 52.8 Å². The fourth-order valence-electron chi connectivity index (χ4n) is 2.96. The van der Waals surface area contributed by atoms with Crippen LogP contribution in [0.25, 0.3) is 10.9 Å². The quantitative estimate of drug-likeness (QED) is 0.560. The molecule has 1 aromatic carbocycles. The minimum atomic E-state index is -0.338. The van der Waals surface area contributed by atoms with Crippen LogP contribution in [0.4, 0.5) is 10.0 Å². The molecular weight excluding hydrogens is 322 g/mol. The molecule has 7 heteroatoms. The van der Waals surface area contributed by atoms with E-state index in [1.54, 1.807) is 6.07 Å². The molecule has 0 bridgehead atoms. The van der Waals surface area contributed by atoms with Gasteiger partial charge < -0.3 is 9.88 Å². The molecule has 0 saturated carbocycles. The first-order valence-electron chi connectivity index (χ1n) is 6.90. The van der Waals surface area contributed by atoms with Crippen molar-refractivity contribution in [1.29, 1.82) is 0 Å². The van der Waals surface area contributed by atoms with Gasteiger partial charge in [0.25, 0.3) is 0 Å². The largest absolute Gasteiger partial charge is 0.358 e. The number of hydrogen-bond acceptors (Lipinski definition) is 4. The van der Waals surface area contributed by atoms with Crippen LogP contribution in [-0.4, -0.2) is 16.5 Å². The van der Waals surface area contributed by atoms with Gasteiger partial charge in [-0.3, -0.25) is 10.1 Å². The van der Waals surface area contributed by atoms with Gasteiger partial charge in [-0.25, -0.2) is 0 Å². The summed E-state index contributed by atoms with van der Waals surface area (Å²) >= 11 is 7.33. The van der Waals surface area contributed by atoms with E-state index in [1.807, 2.05) is 24.3 Å². The highest BCUT2D eigenvalue weighted by molar-refractivity contribution is 7.19. The molecule has 4 rings (SSSR count). The number of rotatable bonds is 2. The first kappa shape index (κ1) is 13.6. The summed E-state index contributed by atoms with van der Waals surface area (Å²) in [6.07, 6.45) is 0.896. The highest BCUT2D eigenvalue weighted by Gasteiger charge is 2.23. The van der Waals surface area contributed by atoms with Gasteiger partial charge in [-0.2, -0.15) is 0 Å². The predicted octanol–water partition coefficient (Wildman–Crippen LogP) is 4.35. The fourth-order valence-corrected chi connectivity index (χ4v) is 3.98. The summed E-state index contributed by atoms with van der Waals surface area (Å²) in [6.45, 7) is 1.60. The van der Waals surface area contributed by atoms with Crippen molar-refractivity contribution in [3.8, 4) is 0 Å². The van der Waals surface area contributed by atoms with Crippen LogP contribution >= 0.6 is 22.9 Å². The minimum Gasteiger partial charge on any atom is -0.358 e. The van der Waals surface area contributed by atoms with E-state index in [2.05, 4.69) is 9.88 Å². The molecule has 1 aliphatic rings. The van der Waals surface area contributed by atoms with E-state index in [9.17, 15) is 10.1 Å². The third kappa shape index (κ3) is 2.15. The number of H-pyrrole nitrogens is 1. The second kappa shape index (κ2) is 5.00. The van der Waals surface area contributed by atoms with Crippen LogP contribution in [0.5, 0.6) is 0 Å². The molecule has 3 heterocycles. The van der Waals surface area contributed by atoms with Crippen molar-refractivity contribution < 1.29 is 4.92 Å². The summed E-state index contributed by atoms with van der Waals surface area (Å²) in [5.41, 5.74) is 3.56. The zero-order valence-electron chi connectivity index (χ0n) is 11.5. The average molecular weight is 334 g/mol. The van der Waals surface area contributed by atoms with Gasteiger partial charge in [0.2, 0.25) is 0 Å². The molecular formula is C15H12ClN3O2S. The lowest BCUT2D eigenvalue weighted by Crippen LogP contribution is -2.29. The van der Waals surface area contributed by atoms with Gasteiger partial charge in [0.15, 0.2) is 0 Å². The predicted molar refractivity (Wildman–Crippen MR) is 89.0 cm³/mol. The van der Waals surface area contributed by atoms with Crippen molar-refractivity contribution in [2.75, 3.05) is 11.4 Å². The number of nitrogens with one attached hydrogen (secondary N) is 1. The van der Waals surface area contributed by atoms with E-state index < -0.39 is 0 Å². The normalized spacial score (nSPS) is 14.3. The van der Waals surface area contributed by atoms with E-state index in [-0.39, 0.29) is 9.92 Å². The maximum atomic E-state index is 10.8. The van der Waals surface area contributed by atoms with Gasteiger partial charge in [-0.15, -0.1) is 0 Å². The summed E-state index contributed by atoms with van der Waals surface area (Å²) in [4.78, 5) is 16.1. The molecule has 112 valence electrons. The monoisotopic (exact) mass is 333 g/mol. The van der Waals surface area contributed by atoms with Crippen molar-refractivity contribution in [1.82, 2.24) is 4.98 Å². The van der Waals surface area contributed by atoms with Crippen LogP contribution < -0.4 is 4.90 Å². The average Bonchev–Trinajstić information content (AvgIpc) is 3.11. The van der Waals surface area contributed by atoms with Gasteiger partial charge in [0.1, 0.15) is 0 Å². The van der Waals surface area contributed by atoms with Crippen molar-refractivity contribution in [2.24, 2.45) is 0 Å². The molecule has 0 aliphatic carbocycles. The van der Waals surface area contributed by atoms with E-state index in [0.29, 0.717) is 0 Å². The molecule has 22 heavy (non-hydrogen) atoms. The lowest BCUT2D eigenvalue weighted by molar-refractivity contribution is -0.380.